The maximum atomic E-state index is 9.18. The van der Waals surface area contributed by atoms with Crippen LogP contribution in [0.3, 0.4) is 0 Å². The summed E-state index contributed by atoms with van der Waals surface area (Å²) < 4.78 is 12.0. The largest absolute Gasteiger partial charge is 0.496 e. The van der Waals surface area contributed by atoms with Gasteiger partial charge >= 0.3 is 7.12 Å². The first kappa shape index (κ1) is 17.1. The standard InChI is InChI=1S/C16H24B2N2O2/c1-12(2)17(11-19)9-14-8-7-13(10-20-14)18-21-15(3,4)16(5,6)22-18/h7-8,10,12H,9H2,1-6H3. The topological polar surface area (TPSA) is 55.1 Å². The van der Waals surface area contributed by atoms with Gasteiger partial charge in [0.25, 0.3) is 6.71 Å². The minimum atomic E-state index is -0.386. The van der Waals surface area contributed by atoms with Crippen molar-refractivity contribution < 1.29 is 9.31 Å². The Balaban J connectivity index is 2.09. The van der Waals surface area contributed by atoms with Gasteiger partial charge in [-0.1, -0.05) is 25.7 Å². The summed E-state index contributed by atoms with van der Waals surface area (Å²) in [5.74, 6) is 2.68. The number of hydrogen-bond acceptors (Lipinski definition) is 4. The highest BCUT2D eigenvalue weighted by Crippen LogP contribution is 2.36. The molecule has 0 aromatic carbocycles. The van der Waals surface area contributed by atoms with Crippen LogP contribution in [-0.2, 0) is 15.6 Å². The first-order chi connectivity index (χ1) is 10.2. The van der Waals surface area contributed by atoms with Crippen LogP contribution in [-0.4, -0.2) is 30.0 Å². The molecule has 1 aliphatic heterocycles. The summed E-state index contributed by atoms with van der Waals surface area (Å²) in [6.45, 7) is 12.3. The van der Waals surface area contributed by atoms with Gasteiger partial charge in [-0.2, -0.15) is 0 Å². The second-order valence-electron chi connectivity index (χ2n) is 7.35. The third-order valence-electron chi connectivity index (χ3n) is 4.77. The monoisotopic (exact) mass is 298 g/mol. The number of rotatable bonds is 4. The Bertz CT molecular complexity index is 549. The molecule has 0 unspecified atom stereocenters. The van der Waals surface area contributed by atoms with Crippen molar-refractivity contribution >= 4 is 19.3 Å². The van der Waals surface area contributed by atoms with E-state index in [0.717, 1.165) is 11.2 Å². The molecule has 0 amide bonds. The second kappa shape index (κ2) is 6.06. The minimum absolute atomic E-state index is 0.00445. The molecule has 0 bridgehead atoms. The summed E-state index contributed by atoms with van der Waals surface area (Å²) in [4.78, 5) is 4.48. The van der Waals surface area contributed by atoms with Crippen LogP contribution in [0.5, 0.6) is 0 Å². The van der Waals surface area contributed by atoms with Crippen LogP contribution in [0, 0.1) is 11.2 Å². The van der Waals surface area contributed by atoms with E-state index in [1.54, 1.807) is 6.20 Å². The molecule has 1 aromatic rings. The molecule has 0 radical (unpaired) electrons. The van der Waals surface area contributed by atoms with E-state index in [0.29, 0.717) is 12.1 Å². The summed E-state index contributed by atoms with van der Waals surface area (Å²) in [6.07, 6.45) is 2.48. The van der Waals surface area contributed by atoms with Crippen LogP contribution in [0.15, 0.2) is 18.3 Å². The van der Waals surface area contributed by atoms with Crippen LogP contribution < -0.4 is 5.46 Å². The molecule has 1 aromatic heterocycles. The SMILES string of the molecule is CC(C)B(C#N)Cc1ccc(B2OC(C)(C)C(C)(C)O2)cn1. The smallest absolute Gasteiger partial charge is 0.399 e. The lowest BCUT2D eigenvalue weighted by atomic mass is 9.41. The van der Waals surface area contributed by atoms with E-state index >= 15 is 0 Å². The predicted molar refractivity (Wildman–Crippen MR) is 90.1 cm³/mol. The lowest BCUT2D eigenvalue weighted by Gasteiger charge is -2.32. The third-order valence-corrected chi connectivity index (χ3v) is 4.77. The third kappa shape index (κ3) is 3.37. The van der Waals surface area contributed by atoms with Gasteiger partial charge in [0.2, 0.25) is 0 Å². The van der Waals surface area contributed by atoms with E-state index in [4.69, 9.17) is 9.31 Å². The maximum absolute atomic E-state index is 9.18. The van der Waals surface area contributed by atoms with Gasteiger partial charge in [0.05, 0.1) is 11.2 Å². The van der Waals surface area contributed by atoms with Gasteiger partial charge in [-0.25, -0.2) is 5.26 Å². The van der Waals surface area contributed by atoms with Crippen molar-refractivity contribution in [3.63, 3.8) is 0 Å². The number of nitrogens with zero attached hydrogens (tertiary/aromatic N) is 2. The van der Waals surface area contributed by atoms with Crippen LogP contribution in [0.4, 0.5) is 0 Å². The van der Waals surface area contributed by atoms with Crippen LogP contribution >= 0.6 is 0 Å². The zero-order chi connectivity index (χ0) is 16.5. The molecule has 1 aliphatic rings. The van der Waals surface area contributed by atoms with Crippen LogP contribution in [0.25, 0.3) is 0 Å². The van der Waals surface area contributed by atoms with Crippen molar-refractivity contribution in [2.75, 3.05) is 0 Å². The van der Waals surface area contributed by atoms with Crippen molar-refractivity contribution in [3.05, 3.63) is 24.0 Å². The highest BCUT2D eigenvalue weighted by molar-refractivity contribution is 6.67. The molecule has 116 valence electrons. The van der Waals surface area contributed by atoms with Crippen molar-refractivity contribution in [1.82, 2.24) is 4.98 Å². The molecule has 0 saturated carbocycles. The second-order valence-corrected chi connectivity index (χ2v) is 7.35. The molecule has 2 rings (SSSR count). The Morgan fingerprint density at radius 1 is 1.23 bits per heavy atom. The Morgan fingerprint density at radius 2 is 1.82 bits per heavy atom. The molecule has 0 aliphatic carbocycles. The Morgan fingerprint density at radius 3 is 2.23 bits per heavy atom. The van der Waals surface area contributed by atoms with Gasteiger partial charge < -0.3 is 9.31 Å². The number of nitriles is 1. The first-order valence-corrected chi connectivity index (χ1v) is 7.86. The summed E-state index contributed by atoms with van der Waals surface area (Å²) in [5.41, 5.74) is 1.15. The van der Waals surface area contributed by atoms with E-state index in [9.17, 15) is 5.26 Å². The normalized spacial score (nSPS) is 19.3. The zero-order valence-electron chi connectivity index (χ0n) is 14.4. The molecule has 6 heteroatoms. The fourth-order valence-electron chi connectivity index (χ4n) is 2.33. The highest BCUT2D eigenvalue weighted by atomic mass is 16.7. The quantitative estimate of drug-likeness (QED) is 0.801. The van der Waals surface area contributed by atoms with E-state index < -0.39 is 0 Å². The highest BCUT2D eigenvalue weighted by Gasteiger charge is 2.51. The summed E-state index contributed by atoms with van der Waals surface area (Å²) >= 11 is 0. The van der Waals surface area contributed by atoms with Crippen LogP contribution in [0.1, 0.15) is 47.2 Å². The Labute approximate surface area is 134 Å². The van der Waals surface area contributed by atoms with E-state index in [1.165, 1.54) is 0 Å². The average Bonchev–Trinajstić information content (AvgIpc) is 2.65. The molecule has 4 nitrogen and oxygen atoms in total. The van der Waals surface area contributed by atoms with Gasteiger partial charge in [-0.3, -0.25) is 4.98 Å². The maximum Gasteiger partial charge on any atom is 0.496 e. The van der Waals surface area contributed by atoms with Crippen molar-refractivity contribution in [2.24, 2.45) is 0 Å². The van der Waals surface area contributed by atoms with Gasteiger partial charge in [0.15, 0.2) is 0 Å². The molecule has 0 atom stereocenters. The fraction of sp³-hybridized carbons (Fsp3) is 0.625. The van der Waals surface area contributed by atoms with Gasteiger partial charge in [-0.05, 0) is 40.1 Å². The van der Waals surface area contributed by atoms with Crippen molar-refractivity contribution in [2.45, 2.75) is 64.9 Å². The summed E-state index contributed by atoms with van der Waals surface area (Å²) in [6, 6.07) is 3.95. The Hall–Kier alpha value is -1.31. The van der Waals surface area contributed by atoms with Gasteiger partial charge in [-0.15, -0.1) is 0 Å². The minimum Gasteiger partial charge on any atom is -0.399 e. The van der Waals surface area contributed by atoms with Crippen LogP contribution in [0.2, 0.25) is 5.82 Å². The number of pyridine rings is 1. The molecule has 0 spiro atoms. The average molecular weight is 298 g/mol. The number of aromatic nitrogens is 1. The Kier molecular flexibility index (Phi) is 4.70. The van der Waals surface area contributed by atoms with Gasteiger partial charge in [0, 0.05) is 23.3 Å². The molecular weight excluding hydrogens is 274 g/mol. The molecule has 0 N–H and O–H groups in total. The lowest BCUT2D eigenvalue weighted by Crippen LogP contribution is -2.41. The van der Waals surface area contributed by atoms with Gasteiger partial charge in [0.1, 0.15) is 0 Å². The molecule has 1 saturated heterocycles. The lowest BCUT2D eigenvalue weighted by molar-refractivity contribution is 0.00578. The number of hydrogen-bond donors (Lipinski definition) is 0. The summed E-state index contributed by atoms with van der Waals surface area (Å²) in [5, 5.41) is 9.18. The molecule has 1 fully saturated rings. The molecule has 22 heavy (non-hydrogen) atoms. The van der Waals surface area contributed by atoms with Crippen molar-refractivity contribution in [1.29, 1.82) is 5.26 Å². The van der Waals surface area contributed by atoms with Crippen molar-refractivity contribution in [3.8, 4) is 5.97 Å². The fourth-order valence-corrected chi connectivity index (χ4v) is 2.33. The van der Waals surface area contributed by atoms with E-state index in [2.05, 4.69) is 24.8 Å². The molecular formula is C16H24B2N2O2. The summed E-state index contributed by atoms with van der Waals surface area (Å²) in [7, 11) is -0.386. The van der Waals surface area contributed by atoms with E-state index in [1.807, 2.05) is 39.8 Å². The zero-order valence-corrected chi connectivity index (χ0v) is 14.4. The first-order valence-electron chi connectivity index (χ1n) is 7.86. The van der Waals surface area contributed by atoms with E-state index in [-0.39, 0.29) is 25.0 Å². The predicted octanol–water partition coefficient (Wildman–Crippen LogP) is 2.43. The molecule has 2 heterocycles.